The fourth-order valence-corrected chi connectivity index (χ4v) is 4.70. The van der Waals surface area contributed by atoms with Crippen LogP contribution in [-0.2, 0) is 16.6 Å². The van der Waals surface area contributed by atoms with Gasteiger partial charge in [-0.2, -0.15) is 0 Å². The van der Waals surface area contributed by atoms with Crippen LogP contribution < -0.4 is 11.1 Å². The quantitative estimate of drug-likeness (QED) is 0.379. The lowest BCUT2D eigenvalue weighted by molar-refractivity contribution is -0.113. The van der Waals surface area contributed by atoms with E-state index in [0.29, 0.717) is 16.5 Å². The Morgan fingerprint density at radius 3 is 2.53 bits per heavy atom. The number of nitrogens with zero attached hydrogens (tertiary/aromatic N) is 3. The molecule has 11 heteroatoms. The van der Waals surface area contributed by atoms with Gasteiger partial charge in [-0.15, -0.1) is 21.5 Å². The summed E-state index contributed by atoms with van der Waals surface area (Å²) in [4.78, 5) is 37.1. The standard InChI is InChI=1S/C21H23N5O4S2/c1-11(2)30-20(29)15-12(3)16(17(22)28)32-19(15)23-14(27)10-31-21-25-24-18(26(21)4)13-8-6-5-7-9-13/h5-9,11H,10H2,1-4H3,(H2,22,28)(H,23,27). The van der Waals surface area contributed by atoms with Crippen molar-refractivity contribution in [1.82, 2.24) is 14.8 Å². The highest BCUT2D eigenvalue weighted by Gasteiger charge is 2.26. The highest BCUT2D eigenvalue weighted by molar-refractivity contribution is 7.99. The SMILES string of the molecule is Cc1c(C(N)=O)sc(NC(=O)CSc2nnc(-c3ccccc3)n2C)c1C(=O)OC(C)C. The Morgan fingerprint density at radius 1 is 1.22 bits per heavy atom. The van der Waals surface area contributed by atoms with Gasteiger partial charge in [0, 0.05) is 12.6 Å². The van der Waals surface area contributed by atoms with E-state index < -0.39 is 11.9 Å². The zero-order valence-corrected chi connectivity index (χ0v) is 19.7. The number of hydrogen-bond donors (Lipinski definition) is 2. The van der Waals surface area contributed by atoms with Gasteiger partial charge >= 0.3 is 5.97 Å². The molecule has 0 bridgehead atoms. The van der Waals surface area contributed by atoms with E-state index in [4.69, 9.17) is 10.5 Å². The molecule has 0 radical (unpaired) electrons. The predicted octanol–water partition coefficient (Wildman–Crippen LogP) is 3.25. The number of ether oxygens (including phenoxy) is 1. The van der Waals surface area contributed by atoms with Gasteiger partial charge < -0.3 is 20.4 Å². The minimum Gasteiger partial charge on any atom is -0.459 e. The van der Waals surface area contributed by atoms with E-state index in [-0.39, 0.29) is 33.2 Å². The highest BCUT2D eigenvalue weighted by atomic mass is 32.2. The zero-order chi connectivity index (χ0) is 23.4. The first-order valence-electron chi connectivity index (χ1n) is 9.70. The Labute approximate surface area is 193 Å². The number of nitrogens with two attached hydrogens (primary N) is 1. The normalized spacial score (nSPS) is 10.9. The van der Waals surface area contributed by atoms with Crippen LogP contribution in [-0.4, -0.2) is 44.4 Å². The summed E-state index contributed by atoms with van der Waals surface area (Å²) in [6.07, 6.45) is -0.354. The molecule has 2 aromatic heterocycles. The number of rotatable bonds is 8. The molecule has 0 spiro atoms. The molecule has 1 aromatic carbocycles. The number of anilines is 1. The van der Waals surface area contributed by atoms with Crippen LogP contribution >= 0.6 is 23.1 Å². The molecule has 3 aromatic rings. The van der Waals surface area contributed by atoms with E-state index in [1.165, 1.54) is 11.8 Å². The fraction of sp³-hybridized carbons (Fsp3) is 0.286. The summed E-state index contributed by atoms with van der Waals surface area (Å²) in [5.41, 5.74) is 6.86. The monoisotopic (exact) mass is 473 g/mol. The number of aromatic nitrogens is 3. The molecule has 0 aliphatic rings. The third-order valence-electron chi connectivity index (χ3n) is 4.37. The van der Waals surface area contributed by atoms with Crippen LogP contribution in [0.5, 0.6) is 0 Å². The Bertz CT molecular complexity index is 1150. The number of carbonyl (C=O) groups is 3. The molecule has 168 valence electrons. The lowest BCUT2D eigenvalue weighted by Crippen LogP contribution is -2.18. The maximum Gasteiger partial charge on any atom is 0.341 e. The Kier molecular flexibility index (Phi) is 7.31. The molecule has 0 fully saturated rings. The van der Waals surface area contributed by atoms with Crippen molar-refractivity contribution in [3.8, 4) is 11.4 Å². The van der Waals surface area contributed by atoms with Gasteiger partial charge in [0.05, 0.1) is 22.3 Å². The topological polar surface area (TPSA) is 129 Å². The molecule has 0 saturated carbocycles. The summed E-state index contributed by atoms with van der Waals surface area (Å²) in [6.45, 7) is 5.03. The van der Waals surface area contributed by atoms with E-state index in [1.54, 1.807) is 25.3 Å². The molecule has 3 rings (SSSR count). The second kappa shape index (κ2) is 9.96. The van der Waals surface area contributed by atoms with Crippen LogP contribution in [0.25, 0.3) is 11.4 Å². The smallest absolute Gasteiger partial charge is 0.341 e. The molecular weight excluding hydrogens is 450 g/mol. The molecule has 32 heavy (non-hydrogen) atoms. The van der Waals surface area contributed by atoms with Gasteiger partial charge in [-0.25, -0.2) is 4.79 Å². The number of amides is 2. The van der Waals surface area contributed by atoms with E-state index in [9.17, 15) is 14.4 Å². The van der Waals surface area contributed by atoms with Crippen molar-refractivity contribution in [3.63, 3.8) is 0 Å². The molecule has 0 saturated heterocycles. The minimum absolute atomic E-state index is 0.0300. The number of hydrogen-bond acceptors (Lipinski definition) is 8. The lowest BCUT2D eigenvalue weighted by Gasteiger charge is -2.10. The number of thioether (sulfide) groups is 1. The van der Waals surface area contributed by atoms with Gasteiger partial charge in [-0.05, 0) is 26.3 Å². The minimum atomic E-state index is -0.673. The third kappa shape index (κ3) is 5.17. The average molecular weight is 474 g/mol. The van der Waals surface area contributed by atoms with Crippen LogP contribution in [0.15, 0.2) is 35.5 Å². The van der Waals surface area contributed by atoms with Crippen molar-refractivity contribution in [1.29, 1.82) is 0 Å². The molecule has 0 aliphatic heterocycles. The van der Waals surface area contributed by atoms with Crippen molar-refractivity contribution in [2.24, 2.45) is 12.8 Å². The molecule has 0 atom stereocenters. The Balaban J connectivity index is 1.74. The van der Waals surface area contributed by atoms with Gasteiger partial charge in [0.25, 0.3) is 5.91 Å². The molecule has 0 unspecified atom stereocenters. The number of primary amides is 1. The van der Waals surface area contributed by atoms with Crippen LogP contribution in [0.4, 0.5) is 5.00 Å². The van der Waals surface area contributed by atoms with Crippen LogP contribution in [0, 0.1) is 6.92 Å². The highest BCUT2D eigenvalue weighted by Crippen LogP contribution is 2.34. The number of thiophene rings is 1. The number of benzene rings is 1. The van der Waals surface area contributed by atoms with Gasteiger partial charge in [0.2, 0.25) is 5.91 Å². The Morgan fingerprint density at radius 2 is 1.91 bits per heavy atom. The molecule has 9 nitrogen and oxygen atoms in total. The molecule has 2 amide bonds. The number of esters is 1. The molecule has 3 N–H and O–H groups in total. The fourth-order valence-electron chi connectivity index (χ4n) is 2.93. The first kappa shape index (κ1) is 23.5. The Hall–Kier alpha value is -3.18. The largest absolute Gasteiger partial charge is 0.459 e. The predicted molar refractivity (Wildman–Crippen MR) is 124 cm³/mol. The number of carbonyl (C=O) groups excluding carboxylic acids is 3. The molecule has 0 aliphatic carbocycles. The van der Waals surface area contributed by atoms with E-state index in [0.717, 1.165) is 16.9 Å². The molecule has 2 heterocycles. The third-order valence-corrected chi connectivity index (χ3v) is 6.61. The van der Waals surface area contributed by atoms with Crippen molar-refractivity contribution in [2.75, 3.05) is 11.1 Å². The first-order valence-corrected chi connectivity index (χ1v) is 11.5. The summed E-state index contributed by atoms with van der Waals surface area (Å²) in [6, 6.07) is 9.60. The first-order chi connectivity index (χ1) is 15.2. The van der Waals surface area contributed by atoms with Gasteiger partial charge in [-0.3, -0.25) is 9.59 Å². The van der Waals surface area contributed by atoms with Gasteiger partial charge in [0.1, 0.15) is 5.00 Å². The van der Waals surface area contributed by atoms with Crippen molar-refractivity contribution >= 4 is 45.9 Å². The second-order valence-electron chi connectivity index (χ2n) is 7.15. The van der Waals surface area contributed by atoms with Crippen molar-refractivity contribution in [2.45, 2.75) is 32.0 Å². The second-order valence-corrected chi connectivity index (χ2v) is 9.11. The summed E-state index contributed by atoms with van der Waals surface area (Å²) < 4.78 is 7.06. The van der Waals surface area contributed by atoms with E-state index >= 15 is 0 Å². The van der Waals surface area contributed by atoms with E-state index in [2.05, 4.69) is 15.5 Å². The maximum absolute atomic E-state index is 12.6. The summed E-state index contributed by atoms with van der Waals surface area (Å²) >= 11 is 2.16. The molecular formula is C21H23N5O4S2. The van der Waals surface area contributed by atoms with Gasteiger partial charge in [-0.1, -0.05) is 42.1 Å². The summed E-state index contributed by atoms with van der Waals surface area (Å²) in [5, 5.41) is 11.9. The van der Waals surface area contributed by atoms with Crippen molar-refractivity contribution in [3.05, 3.63) is 46.3 Å². The van der Waals surface area contributed by atoms with Crippen LogP contribution in [0.3, 0.4) is 0 Å². The summed E-state index contributed by atoms with van der Waals surface area (Å²) in [5.74, 6) is -0.941. The maximum atomic E-state index is 12.6. The van der Waals surface area contributed by atoms with Gasteiger partial charge in [0.15, 0.2) is 11.0 Å². The van der Waals surface area contributed by atoms with Crippen LogP contribution in [0.2, 0.25) is 0 Å². The zero-order valence-electron chi connectivity index (χ0n) is 18.0. The van der Waals surface area contributed by atoms with Crippen LogP contribution in [0.1, 0.15) is 39.4 Å². The number of nitrogens with one attached hydrogen (secondary N) is 1. The summed E-state index contributed by atoms with van der Waals surface area (Å²) in [7, 11) is 1.82. The van der Waals surface area contributed by atoms with Crippen molar-refractivity contribution < 1.29 is 19.1 Å². The lowest BCUT2D eigenvalue weighted by atomic mass is 10.1. The van der Waals surface area contributed by atoms with E-state index in [1.807, 2.05) is 37.4 Å². The average Bonchev–Trinajstić information content (AvgIpc) is 3.26.